The van der Waals surface area contributed by atoms with E-state index in [1.165, 1.54) is 18.4 Å². The lowest BCUT2D eigenvalue weighted by molar-refractivity contribution is 0.436. The molecule has 1 fully saturated rings. The molecule has 1 aromatic heterocycles. The summed E-state index contributed by atoms with van der Waals surface area (Å²) in [5.41, 5.74) is 8.56. The van der Waals surface area contributed by atoms with E-state index in [1.54, 1.807) is 0 Å². The summed E-state index contributed by atoms with van der Waals surface area (Å²) in [4.78, 5) is 0. The Hall–Kier alpha value is -1.54. The van der Waals surface area contributed by atoms with E-state index in [2.05, 4.69) is 43.3 Å². The fraction of sp³-hybridized carbons (Fsp3) is 0.375. The van der Waals surface area contributed by atoms with E-state index in [-0.39, 0.29) is 0 Å². The lowest BCUT2D eigenvalue weighted by atomic mass is 10.0. The van der Waals surface area contributed by atoms with Gasteiger partial charge in [-0.05, 0) is 43.9 Å². The Labute approximate surface area is 108 Å². The van der Waals surface area contributed by atoms with Crippen molar-refractivity contribution in [2.45, 2.75) is 26.2 Å². The Kier molecular flexibility index (Phi) is 2.75. The van der Waals surface area contributed by atoms with Crippen LogP contribution in [0.2, 0.25) is 0 Å². The summed E-state index contributed by atoms with van der Waals surface area (Å²) in [5.74, 6) is 2.02. The van der Waals surface area contributed by atoms with E-state index < -0.39 is 0 Å². The van der Waals surface area contributed by atoms with Gasteiger partial charge in [0.1, 0.15) is 11.5 Å². The highest BCUT2D eigenvalue weighted by Gasteiger charge is 2.41. The third-order valence-corrected chi connectivity index (χ3v) is 3.94. The number of rotatable bonds is 4. The van der Waals surface area contributed by atoms with Crippen molar-refractivity contribution in [2.24, 2.45) is 11.1 Å². The zero-order chi connectivity index (χ0) is 12.6. The number of nitrogens with two attached hydrogens (primary N) is 1. The summed E-state index contributed by atoms with van der Waals surface area (Å²) in [6.07, 6.45) is 3.46. The van der Waals surface area contributed by atoms with Gasteiger partial charge in [-0.1, -0.05) is 29.8 Å². The van der Waals surface area contributed by atoms with Crippen LogP contribution < -0.4 is 5.73 Å². The molecular weight excluding hydrogens is 222 g/mol. The number of hydrogen-bond donors (Lipinski definition) is 1. The van der Waals surface area contributed by atoms with E-state index in [1.807, 2.05) is 0 Å². The number of furan rings is 1. The molecule has 2 heteroatoms. The summed E-state index contributed by atoms with van der Waals surface area (Å²) in [6, 6.07) is 12.6. The summed E-state index contributed by atoms with van der Waals surface area (Å²) in [6.45, 7) is 2.86. The fourth-order valence-corrected chi connectivity index (χ4v) is 2.35. The van der Waals surface area contributed by atoms with Crippen molar-refractivity contribution in [1.82, 2.24) is 0 Å². The number of benzene rings is 1. The first-order chi connectivity index (χ1) is 8.71. The smallest absolute Gasteiger partial charge is 0.134 e. The Morgan fingerprint density at radius 3 is 2.44 bits per heavy atom. The van der Waals surface area contributed by atoms with Crippen molar-refractivity contribution in [3.8, 4) is 11.3 Å². The van der Waals surface area contributed by atoms with Crippen molar-refractivity contribution in [3.05, 3.63) is 47.7 Å². The molecule has 18 heavy (non-hydrogen) atoms. The second kappa shape index (κ2) is 4.29. The van der Waals surface area contributed by atoms with Crippen LogP contribution in [0.15, 0.2) is 40.8 Å². The molecule has 0 radical (unpaired) electrons. The van der Waals surface area contributed by atoms with Crippen molar-refractivity contribution in [3.63, 3.8) is 0 Å². The summed E-state index contributed by atoms with van der Waals surface area (Å²) >= 11 is 0. The quantitative estimate of drug-likeness (QED) is 0.889. The molecular formula is C16H19NO. The predicted molar refractivity (Wildman–Crippen MR) is 73.3 cm³/mol. The minimum atomic E-state index is 0.336. The Morgan fingerprint density at radius 2 is 1.83 bits per heavy atom. The number of aryl methyl sites for hydroxylation is 1. The molecule has 2 nitrogen and oxygen atoms in total. The van der Waals surface area contributed by atoms with Gasteiger partial charge in [0.2, 0.25) is 0 Å². The molecule has 2 aromatic rings. The minimum absolute atomic E-state index is 0.336. The monoisotopic (exact) mass is 241 g/mol. The van der Waals surface area contributed by atoms with Gasteiger partial charge < -0.3 is 10.2 Å². The van der Waals surface area contributed by atoms with Crippen LogP contribution in [0.1, 0.15) is 24.2 Å². The molecule has 0 unspecified atom stereocenters. The van der Waals surface area contributed by atoms with Gasteiger partial charge in [0.05, 0.1) is 0 Å². The summed E-state index contributed by atoms with van der Waals surface area (Å²) in [7, 11) is 0. The van der Waals surface area contributed by atoms with Crippen molar-refractivity contribution < 1.29 is 4.42 Å². The first kappa shape index (κ1) is 11.5. The molecule has 1 saturated carbocycles. The highest BCUT2D eigenvalue weighted by Crippen LogP contribution is 2.47. The molecule has 0 atom stereocenters. The van der Waals surface area contributed by atoms with Crippen molar-refractivity contribution in [2.75, 3.05) is 6.54 Å². The Bertz CT molecular complexity index is 534. The topological polar surface area (TPSA) is 39.2 Å². The van der Waals surface area contributed by atoms with Crippen LogP contribution in [0.3, 0.4) is 0 Å². The molecule has 0 spiro atoms. The lowest BCUT2D eigenvalue weighted by Gasteiger charge is -2.08. The fourth-order valence-electron chi connectivity index (χ4n) is 2.35. The molecule has 94 valence electrons. The average molecular weight is 241 g/mol. The first-order valence-corrected chi connectivity index (χ1v) is 6.57. The van der Waals surface area contributed by atoms with Gasteiger partial charge in [0.25, 0.3) is 0 Å². The largest absolute Gasteiger partial charge is 0.461 e. The third kappa shape index (κ3) is 2.21. The molecule has 1 aliphatic rings. The summed E-state index contributed by atoms with van der Waals surface area (Å²) in [5, 5.41) is 0. The van der Waals surface area contributed by atoms with E-state index in [0.29, 0.717) is 5.41 Å². The highest BCUT2D eigenvalue weighted by atomic mass is 16.3. The van der Waals surface area contributed by atoms with Gasteiger partial charge in [0.15, 0.2) is 0 Å². The minimum Gasteiger partial charge on any atom is -0.461 e. The van der Waals surface area contributed by atoms with Gasteiger partial charge in [-0.25, -0.2) is 0 Å². The molecule has 0 aliphatic heterocycles. The van der Waals surface area contributed by atoms with E-state index in [9.17, 15) is 0 Å². The third-order valence-electron chi connectivity index (χ3n) is 3.94. The van der Waals surface area contributed by atoms with Crippen LogP contribution in [0, 0.1) is 12.3 Å². The van der Waals surface area contributed by atoms with E-state index in [4.69, 9.17) is 10.2 Å². The predicted octanol–water partition coefficient (Wildman–Crippen LogP) is 3.54. The zero-order valence-corrected chi connectivity index (χ0v) is 10.8. The van der Waals surface area contributed by atoms with Crippen LogP contribution in [0.25, 0.3) is 11.3 Å². The molecule has 2 N–H and O–H groups in total. The van der Waals surface area contributed by atoms with Gasteiger partial charge in [-0.15, -0.1) is 0 Å². The molecule has 1 heterocycles. The van der Waals surface area contributed by atoms with Gasteiger partial charge in [-0.3, -0.25) is 0 Å². The maximum atomic E-state index is 5.93. The zero-order valence-electron chi connectivity index (χ0n) is 10.8. The molecule has 0 saturated heterocycles. The van der Waals surface area contributed by atoms with Crippen LogP contribution in [0.5, 0.6) is 0 Å². The van der Waals surface area contributed by atoms with Gasteiger partial charge in [0, 0.05) is 12.0 Å². The van der Waals surface area contributed by atoms with Crippen LogP contribution in [-0.2, 0) is 6.42 Å². The lowest BCUT2D eigenvalue weighted by Crippen LogP contribution is -2.17. The maximum Gasteiger partial charge on any atom is 0.134 e. The SMILES string of the molecule is Cc1ccc(-c2ccc(CC3(CN)CC3)o2)cc1. The number of hydrogen-bond acceptors (Lipinski definition) is 2. The summed E-state index contributed by atoms with van der Waals surface area (Å²) < 4.78 is 5.93. The molecule has 3 rings (SSSR count). The standard InChI is InChI=1S/C16H19NO/c1-12-2-4-13(5-3-12)15-7-6-14(18-15)10-16(11-17)8-9-16/h2-7H,8-11,17H2,1H3. The van der Waals surface area contributed by atoms with Gasteiger partial charge in [-0.2, -0.15) is 0 Å². The van der Waals surface area contributed by atoms with Gasteiger partial charge >= 0.3 is 0 Å². The van der Waals surface area contributed by atoms with Crippen molar-refractivity contribution >= 4 is 0 Å². The van der Waals surface area contributed by atoms with Crippen LogP contribution in [-0.4, -0.2) is 6.54 Å². The Balaban J connectivity index is 1.79. The average Bonchev–Trinajstić information content (AvgIpc) is 3.00. The van der Waals surface area contributed by atoms with Crippen LogP contribution in [0.4, 0.5) is 0 Å². The maximum absolute atomic E-state index is 5.93. The van der Waals surface area contributed by atoms with E-state index >= 15 is 0 Å². The van der Waals surface area contributed by atoms with Crippen LogP contribution >= 0.6 is 0 Å². The second-order valence-electron chi connectivity index (χ2n) is 5.51. The molecule has 0 bridgehead atoms. The first-order valence-electron chi connectivity index (χ1n) is 6.57. The normalized spacial score (nSPS) is 16.8. The molecule has 1 aliphatic carbocycles. The molecule has 1 aromatic carbocycles. The highest BCUT2D eigenvalue weighted by molar-refractivity contribution is 5.57. The molecule has 0 amide bonds. The van der Waals surface area contributed by atoms with E-state index in [0.717, 1.165) is 30.0 Å². The Morgan fingerprint density at radius 1 is 1.11 bits per heavy atom. The second-order valence-corrected chi connectivity index (χ2v) is 5.51. The van der Waals surface area contributed by atoms with Crippen molar-refractivity contribution in [1.29, 1.82) is 0 Å².